The molecule has 0 aromatic heterocycles. The van der Waals surface area contributed by atoms with Crippen molar-refractivity contribution in [1.82, 2.24) is 0 Å². The summed E-state index contributed by atoms with van der Waals surface area (Å²) in [6, 6.07) is 18.4. The van der Waals surface area contributed by atoms with Gasteiger partial charge in [-0.3, -0.25) is 0 Å². The lowest BCUT2D eigenvalue weighted by Gasteiger charge is -2.01. The van der Waals surface area contributed by atoms with Crippen molar-refractivity contribution in [2.24, 2.45) is 0 Å². The van der Waals surface area contributed by atoms with Crippen LogP contribution in [0.3, 0.4) is 0 Å². The molecule has 4 nitrogen and oxygen atoms in total. The van der Waals surface area contributed by atoms with Crippen LogP contribution < -0.4 is 0 Å². The number of carbonyl (C=O) groups excluding carboxylic acids is 2. The average molecular weight is 346 g/mol. The molecule has 0 heterocycles. The normalized spacial score (nSPS) is 9.08. The number of esters is 2. The van der Waals surface area contributed by atoms with E-state index < -0.39 is 11.9 Å². The van der Waals surface area contributed by atoms with E-state index in [1.807, 2.05) is 60.7 Å². The number of carbonyl (C=O) groups is 2. The maximum Gasteiger partial charge on any atom is 0.384 e. The molecule has 130 valence electrons. The van der Waals surface area contributed by atoms with Gasteiger partial charge in [-0.2, -0.15) is 0 Å². The summed E-state index contributed by atoms with van der Waals surface area (Å²) in [6.07, 6.45) is 1.16. The fourth-order valence-electron chi connectivity index (χ4n) is 1.90. The van der Waals surface area contributed by atoms with Crippen molar-refractivity contribution in [3.8, 4) is 23.7 Å². The van der Waals surface area contributed by atoms with Crippen LogP contribution in [0.15, 0.2) is 60.7 Å². The third-order valence-electron chi connectivity index (χ3n) is 3.17. The highest BCUT2D eigenvalue weighted by molar-refractivity contribution is 5.89. The Morgan fingerprint density at radius 1 is 0.654 bits per heavy atom. The van der Waals surface area contributed by atoms with E-state index >= 15 is 0 Å². The van der Waals surface area contributed by atoms with Gasteiger partial charge in [0.05, 0.1) is 13.2 Å². The van der Waals surface area contributed by atoms with Crippen LogP contribution in [0.2, 0.25) is 0 Å². The Labute approximate surface area is 153 Å². The minimum absolute atomic E-state index is 0.232. The van der Waals surface area contributed by atoms with Crippen molar-refractivity contribution < 1.29 is 19.1 Å². The van der Waals surface area contributed by atoms with Crippen LogP contribution >= 0.6 is 0 Å². The van der Waals surface area contributed by atoms with Crippen LogP contribution in [0.5, 0.6) is 0 Å². The van der Waals surface area contributed by atoms with E-state index in [-0.39, 0.29) is 13.2 Å². The molecule has 0 spiro atoms. The van der Waals surface area contributed by atoms with E-state index in [0.717, 1.165) is 11.1 Å². The van der Waals surface area contributed by atoms with Crippen LogP contribution in [-0.4, -0.2) is 25.2 Å². The van der Waals surface area contributed by atoms with E-state index in [0.29, 0.717) is 12.8 Å². The number of benzene rings is 2. The second-order valence-corrected chi connectivity index (χ2v) is 5.21. The zero-order valence-corrected chi connectivity index (χ0v) is 14.2. The monoisotopic (exact) mass is 346 g/mol. The summed E-state index contributed by atoms with van der Waals surface area (Å²) in [5.41, 5.74) is 1.51. The van der Waals surface area contributed by atoms with Crippen LogP contribution in [-0.2, 0) is 19.1 Å². The Morgan fingerprint density at radius 3 is 1.42 bits per heavy atom. The van der Waals surface area contributed by atoms with Gasteiger partial charge in [-0.15, -0.1) is 0 Å². The SMILES string of the molecule is O=C(C#Cc1ccccc1)OCCCCOC(=O)C#Cc1ccccc1. The van der Waals surface area contributed by atoms with E-state index in [9.17, 15) is 9.59 Å². The van der Waals surface area contributed by atoms with E-state index in [1.54, 1.807) is 0 Å². The van der Waals surface area contributed by atoms with Crippen molar-refractivity contribution in [3.63, 3.8) is 0 Å². The lowest BCUT2D eigenvalue weighted by Crippen LogP contribution is -2.06. The van der Waals surface area contributed by atoms with Crippen molar-refractivity contribution in [2.45, 2.75) is 12.8 Å². The first kappa shape index (κ1) is 18.8. The molecule has 0 N–H and O–H groups in total. The zero-order valence-electron chi connectivity index (χ0n) is 14.2. The van der Waals surface area contributed by atoms with Crippen molar-refractivity contribution in [3.05, 3.63) is 71.8 Å². The van der Waals surface area contributed by atoms with Crippen LogP contribution in [0.4, 0.5) is 0 Å². The highest BCUT2D eigenvalue weighted by Gasteiger charge is 1.99. The Balaban J connectivity index is 1.57. The van der Waals surface area contributed by atoms with Gasteiger partial charge in [-0.05, 0) is 37.1 Å². The van der Waals surface area contributed by atoms with Gasteiger partial charge >= 0.3 is 11.9 Å². The standard InChI is InChI=1S/C22H18O4/c23-21(15-13-19-9-3-1-4-10-19)25-17-7-8-18-26-22(24)16-14-20-11-5-2-6-12-20/h1-6,9-12H,7-8,17-18H2. The van der Waals surface area contributed by atoms with Crippen LogP contribution in [0, 0.1) is 23.7 Å². The lowest BCUT2D eigenvalue weighted by atomic mass is 10.2. The van der Waals surface area contributed by atoms with Crippen molar-refractivity contribution in [1.29, 1.82) is 0 Å². The molecule has 0 radical (unpaired) electrons. The zero-order chi connectivity index (χ0) is 18.5. The highest BCUT2D eigenvalue weighted by Crippen LogP contribution is 1.97. The average Bonchev–Trinajstić information content (AvgIpc) is 2.69. The summed E-state index contributed by atoms with van der Waals surface area (Å²) in [7, 11) is 0. The summed E-state index contributed by atoms with van der Waals surface area (Å²) in [6.45, 7) is 0.463. The van der Waals surface area contributed by atoms with E-state index in [2.05, 4.69) is 23.7 Å². The predicted molar refractivity (Wildman–Crippen MR) is 97.8 cm³/mol. The minimum Gasteiger partial charge on any atom is -0.456 e. The molecule has 0 fully saturated rings. The summed E-state index contributed by atoms with van der Waals surface area (Å²) >= 11 is 0. The number of ether oxygens (including phenoxy) is 2. The van der Waals surface area contributed by atoms with Gasteiger partial charge in [0.2, 0.25) is 0 Å². The number of rotatable bonds is 5. The first-order chi connectivity index (χ1) is 12.7. The molecule has 2 aromatic carbocycles. The Hall–Kier alpha value is -3.50. The minimum atomic E-state index is -0.570. The fourth-order valence-corrected chi connectivity index (χ4v) is 1.90. The molecule has 0 aliphatic carbocycles. The van der Waals surface area contributed by atoms with Crippen molar-refractivity contribution in [2.75, 3.05) is 13.2 Å². The molecule has 0 amide bonds. The molecule has 4 heteroatoms. The van der Waals surface area contributed by atoms with Gasteiger partial charge in [0, 0.05) is 23.0 Å². The van der Waals surface area contributed by atoms with Crippen LogP contribution in [0.25, 0.3) is 0 Å². The molecule has 0 aliphatic rings. The number of hydrogen-bond donors (Lipinski definition) is 0. The van der Waals surface area contributed by atoms with Gasteiger partial charge in [0.1, 0.15) is 0 Å². The smallest absolute Gasteiger partial charge is 0.384 e. The Morgan fingerprint density at radius 2 is 1.04 bits per heavy atom. The van der Waals surface area contributed by atoms with Crippen LogP contribution in [0.1, 0.15) is 24.0 Å². The van der Waals surface area contributed by atoms with Gasteiger partial charge in [0.15, 0.2) is 0 Å². The fraction of sp³-hybridized carbons (Fsp3) is 0.182. The molecule has 26 heavy (non-hydrogen) atoms. The first-order valence-corrected chi connectivity index (χ1v) is 8.22. The maximum absolute atomic E-state index is 11.5. The summed E-state index contributed by atoms with van der Waals surface area (Å²) in [5.74, 6) is 9.17. The molecular formula is C22H18O4. The molecule has 2 aromatic rings. The number of hydrogen-bond acceptors (Lipinski definition) is 4. The molecular weight excluding hydrogens is 328 g/mol. The summed E-state index contributed by atoms with van der Waals surface area (Å²) < 4.78 is 9.99. The Bertz CT molecular complexity index is 760. The third-order valence-corrected chi connectivity index (χ3v) is 3.17. The van der Waals surface area contributed by atoms with Crippen molar-refractivity contribution >= 4 is 11.9 Å². The molecule has 2 rings (SSSR count). The topological polar surface area (TPSA) is 52.6 Å². The van der Waals surface area contributed by atoms with Gasteiger partial charge in [0.25, 0.3) is 0 Å². The van der Waals surface area contributed by atoms with E-state index in [1.165, 1.54) is 0 Å². The third kappa shape index (κ3) is 7.86. The lowest BCUT2D eigenvalue weighted by molar-refractivity contribution is -0.139. The highest BCUT2D eigenvalue weighted by atomic mass is 16.5. The largest absolute Gasteiger partial charge is 0.456 e. The maximum atomic E-state index is 11.5. The predicted octanol–water partition coefficient (Wildman–Crippen LogP) is 2.96. The van der Waals surface area contributed by atoms with E-state index in [4.69, 9.17) is 9.47 Å². The molecule has 0 aliphatic heterocycles. The molecule has 0 unspecified atom stereocenters. The Kier molecular flexibility index (Phi) is 8.06. The molecule has 0 saturated carbocycles. The summed E-state index contributed by atoms with van der Waals surface area (Å²) in [5, 5.41) is 0. The first-order valence-electron chi connectivity index (χ1n) is 8.22. The second kappa shape index (κ2) is 11.1. The molecule has 0 atom stereocenters. The van der Waals surface area contributed by atoms with Gasteiger partial charge < -0.3 is 9.47 Å². The van der Waals surface area contributed by atoms with Gasteiger partial charge in [-0.1, -0.05) is 48.2 Å². The van der Waals surface area contributed by atoms with Gasteiger partial charge in [-0.25, -0.2) is 9.59 Å². The summed E-state index contributed by atoms with van der Waals surface area (Å²) in [4.78, 5) is 23.0. The molecule has 0 saturated heterocycles. The second-order valence-electron chi connectivity index (χ2n) is 5.21. The quantitative estimate of drug-likeness (QED) is 0.474. The number of unbranched alkanes of at least 4 members (excludes halogenated alkanes) is 1. The molecule has 0 bridgehead atoms.